The average Bonchev–Trinajstić information content (AvgIpc) is 2.89. The molecule has 0 saturated carbocycles. The third-order valence-electron chi connectivity index (χ3n) is 3.14. The number of nitrogens with zero attached hydrogens (tertiary/aromatic N) is 1. The van der Waals surface area contributed by atoms with E-state index in [0.29, 0.717) is 29.0 Å². The van der Waals surface area contributed by atoms with Crippen molar-refractivity contribution < 1.29 is 4.79 Å². The fourth-order valence-electron chi connectivity index (χ4n) is 1.95. The predicted octanol–water partition coefficient (Wildman–Crippen LogP) is 4.10. The van der Waals surface area contributed by atoms with Crippen LogP contribution in [-0.4, -0.2) is 17.4 Å². The number of rotatable bonds is 6. The Hall–Kier alpha value is -1.59. The molecule has 1 aromatic heterocycles. The summed E-state index contributed by atoms with van der Waals surface area (Å²) >= 11 is 7.27. The molecule has 118 valence electrons. The Morgan fingerprint density at radius 1 is 1.41 bits per heavy atom. The number of carbonyl (C=O) groups excluding carboxylic acids is 1. The molecule has 22 heavy (non-hydrogen) atoms. The topological polar surface area (TPSA) is 54.0 Å². The summed E-state index contributed by atoms with van der Waals surface area (Å²) in [6, 6.07) is 5.67. The van der Waals surface area contributed by atoms with Gasteiger partial charge in [0.1, 0.15) is 0 Å². The highest BCUT2D eigenvalue weighted by atomic mass is 35.5. The third kappa shape index (κ3) is 4.71. The SMILES string of the molecule is Cc1cc(C(=O)NCC(C)C)ccc1NCc1cnc(Cl)s1. The Labute approximate surface area is 139 Å². The average molecular weight is 338 g/mol. The Kier molecular flexibility index (Phi) is 5.80. The molecule has 0 aliphatic heterocycles. The second-order valence-corrected chi connectivity index (χ2v) is 7.26. The van der Waals surface area contributed by atoms with E-state index >= 15 is 0 Å². The molecule has 1 amide bonds. The number of amides is 1. The first-order chi connectivity index (χ1) is 10.5. The molecule has 1 heterocycles. The Bertz CT molecular complexity index is 655. The van der Waals surface area contributed by atoms with Crippen molar-refractivity contribution in [2.75, 3.05) is 11.9 Å². The molecule has 0 aliphatic rings. The highest BCUT2D eigenvalue weighted by molar-refractivity contribution is 7.15. The van der Waals surface area contributed by atoms with Gasteiger partial charge in [-0.3, -0.25) is 4.79 Å². The minimum absolute atomic E-state index is 0.0300. The third-order valence-corrected chi connectivity index (χ3v) is 4.25. The van der Waals surface area contributed by atoms with Gasteiger partial charge in [-0.05, 0) is 36.6 Å². The summed E-state index contributed by atoms with van der Waals surface area (Å²) in [5, 5.41) is 6.26. The minimum atomic E-state index is -0.0300. The maximum absolute atomic E-state index is 12.0. The molecule has 0 spiro atoms. The molecule has 0 bridgehead atoms. The first-order valence-corrected chi connectivity index (χ1v) is 8.38. The van der Waals surface area contributed by atoms with Crippen LogP contribution in [0.5, 0.6) is 0 Å². The lowest BCUT2D eigenvalue weighted by Gasteiger charge is -2.11. The fourth-order valence-corrected chi connectivity index (χ4v) is 2.87. The zero-order chi connectivity index (χ0) is 16.1. The van der Waals surface area contributed by atoms with E-state index in [9.17, 15) is 4.79 Å². The summed E-state index contributed by atoms with van der Waals surface area (Å²) in [5.41, 5.74) is 2.72. The largest absolute Gasteiger partial charge is 0.380 e. The number of nitrogens with one attached hydrogen (secondary N) is 2. The number of anilines is 1. The van der Waals surface area contributed by atoms with Crippen molar-refractivity contribution in [3.05, 3.63) is 44.9 Å². The number of halogens is 1. The van der Waals surface area contributed by atoms with Crippen LogP contribution in [0.15, 0.2) is 24.4 Å². The van der Waals surface area contributed by atoms with E-state index in [2.05, 4.69) is 29.5 Å². The summed E-state index contributed by atoms with van der Waals surface area (Å²) in [5.74, 6) is 0.412. The molecule has 2 rings (SSSR count). The van der Waals surface area contributed by atoms with Crippen LogP contribution in [0, 0.1) is 12.8 Å². The lowest BCUT2D eigenvalue weighted by atomic mass is 10.1. The van der Waals surface area contributed by atoms with Crippen molar-refractivity contribution in [1.82, 2.24) is 10.3 Å². The molecule has 0 radical (unpaired) electrons. The fraction of sp³-hybridized carbons (Fsp3) is 0.375. The maximum atomic E-state index is 12.0. The van der Waals surface area contributed by atoms with Crippen LogP contribution in [0.1, 0.15) is 34.6 Å². The monoisotopic (exact) mass is 337 g/mol. The minimum Gasteiger partial charge on any atom is -0.380 e. The van der Waals surface area contributed by atoms with E-state index < -0.39 is 0 Å². The van der Waals surface area contributed by atoms with E-state index in [1.165, 1.54) is 11.3 Å². The Morgan fingerprint density at radius 3 is 2.77 bits per heavy atom. The van der Waals surface area contributed by atoms with Crippen molar-refractivity contribution in [3.63, 3.8) is 0 Å². The lowest BCUT2D eigenvalue weighted by molar-refractivity contribution is 0.0949. The lowest BCUT2D eigenvalue weighted by Crippen LogP contribution is -2.27. The predicted molar refractivity (Wildman–Crippen MR) is 92.8 cm³/mol. The molecular formula is C16H20ClN3OS. The molecule has 0 unspecified atom stereocenters. The number of thiazole rings is 1. The number of aryl methyl sites for hydroxylation is 1. The molecule has 1 aromatic carbocycles. The highest BCUT2D eigenvalue weighted by Gasteiger charge is 2.08. The van der Waals surface area contributed by atoms with E-state index in [1.54, 1.807) is 6.20 Å². The summed E-state index contributed by atoms with van der Waals surface area (Å²) in [6.45, 7) is 7.49. The van der Waals surface area contributed by atoms with E-state index in [-0.39, 0.29) is 5.91 Å². The van der Waals surface area contributed by atoms with Crippen molar-refractivity contribution in [3.8, 4) is 0 Å². The summed E-state index contributed by atoms with van der Waals surface area (Å²) < 4.78 is 0.547. The second-order valence-electron chi connectivity index (χ2n) is 5.57. The van der Waals surface area contributed by atoms with Gasteiger partial charge in [-0.25, -0.2) is 4.98 Å². The summed E-state index contributed by atoms with van der Waals surface area (Å²) in [6.07, 6.45) is 1.77. The van der Waals surface area contributed by atoms with E-state index in [0.717, 1.165) is 16.1 Å². The first-order valence-electron chi connectivity index (χ1n) is 7.18. The van der Waals surface area contributed by atoms with Crippen LogP contribution in [0.4, 0.5) is 5.69 Å². The first kappa shape index (κ1) is 16.8. The number of aromatic nitrogens is 1. The van der Waals surface area contributed by atoms with Crippen LogP contribution in [0.3, 0.4) is 0 Å². The van der Waals surface area contributed by atoms with Crippen LogP contribution in [0.25, 0.3) is 0 Å². The van der Waals surface area contributed by atoms with Crippen LogP contribution in [-0.2, 0) is 6.54 Å². The van der Waals surface area contributed by atoms with Gasteiger partial charge in [0.2, 0.25) is 0 Å². The number of hydrogen-bond donors (Lipinski definition) is 2. The molecule has 4 nitrogen and oxygen atoms in total. The van der Waals surface area contributed by atoms with Crippen molar-refractivity contribution in [2.24, 2.45) is 5.92 Å². The van der Waals surface area contributed by atoms with Gasteiger partial charge in [0.05, 0.1) is 6.54 Å². The summed E-state index contributed by atoms with van der Waals surface area (Å²) in [7, 11) is 0. The van der Waals surface area contributed by atoms with Crippen molar-refractivity contribution in [2.45, 2.75) is 27.3 Å². The molecule has 2 aromatic rings. The quantitative estimate of drug-likeness (QED) is 0.834. The van der Waals surface area contributed by atoms with Gasteiger partial charge < -0.3 is 10.6 Å². The van der Waals surface area contributed by atoms with Gasteiger partial charge in [-0.2, -0.15) is 0 Å². The smallest absolute Gasteiger partial charge is 0.251 e. The van der Waals surface area contributed by atoms with E-state index in [4.69, 9.17) is 11.6 Å². The van der Waals surface area contributed by atoms with Crippen LogP contribution >= 0.6 is 22.9 Å². The van der Waals surface area contributed by atoms with Crippen molar-refractivity contribution in [1.29, 1.82) is 0 Å². The number of hydrogen-bond acceptors (Lipinski definition) is 4. The van der Waals surface area contributed by atoms with Gasteiger partial charge in [-0.1, -0.05) is 25.4 Å². The Morgan fingerprint density at radius 2 is 2.18 bits per heavy atom. The molecule has 2 N–H and O–H groups in total. The van der Waals surface area contributed by atoms with Gasteiger partial charge in [-0.15, -0.1) is 11.3 Å². The second kappa shape index (κ2) is 7.61. The molecule has 6 heteroatoms. The molecule has 0 fully saturated rings. The van der Waals surface area contributed by atoms with E-state index in [1.807, 2.05) is 25.1 Å². The van der Waals surface area contributed by atoms with Gasteiger partial charge in [0, 0.05) is 28.9 Å². The molecule has 0 saturated heterocycles. The zero-order valence-corrected chi connectivity index (χ0v) is 14.5. The maximum Gasteiger partial charge on any atom is 0.251 e. The standard InChI is InChI=1S/C16H20ClN3OS/c1-10(2)7-19-15(21)12-4-5-14(11(3)6-12)18-8-13-9-20-16(17)22-13/h4-6,9-10,18H,7-8H2,1-3H3,(H,19,21). The number of benzene rings is 1. The molecule has 0 atom stereocenters. The summed E-state index contributed by atoms with van der Waals surface area (Å²) in [4.78, 5) is 17.1. The Balaban J connectivity index is 1.98. The zero-order valence-electron chi connectivity index (χ0n) is 12.9. The van der Waals surface area contributed by atoms with Crippen LogP contribution in [0.2, 0.25) is 4.47 Å². The number of carbonyl (C=O) groups is 1. The van der Waals surface area contributed by atoms with Crippen LogP contribution < -0.4 is 10.6 Å². The van der Waals surface area contributed by atoms with Crippen molar-refractivity contribution >= 4 is 34.5 Å². The molecular weight excluding hydrogens is 318 g/mol. The van der Waals surface area contributed by atoms with Gasteiger partial charge in [0.15, 0.2) is 4.47 Å². The van der Waals surface area contributed by atoms with Gasteiger partial charge in [0.25, 0.3) is 5.91 Å². The highest BCUT2D eigenvalue weighted by Crippen LogP contribution is 2.21. The molecule has 0 aliphatic carbocycles. The van der Waals surface area contributed by atoms with Gasteiger partial charge >= 0.3 is 0 Å². The normalized spacial score (nSPS) is 10.8.